The first-order valence-electron chi connectivity index (χ1n) is 11.5. The molecule has 10 heteroatoms. The second-order valence-electron chi connectivity index (χ2n) is 8.82. The van der Waals surface area contributed by atoms with Crippen molar-refractivity contribution in [1.82, 2.24) is 0 Å². The monoisotopic (exact) mass is 510 g/mol. The Labute approximate surface area is 210 Å². The molecule has 2 aliphatic heterocycles. The lowest BCUT2D eigenvalue weighted by Gasteiger charge is -2.33. The first kappa shape index (κ1) is 26.3. The summed E-state index contributed by atoms with van der Waals surface area (Å²) in [5.41, 5.74) is 8.39. The molecule has 2 aliphatic rings. The summed E-state index contributed by atoms with van der Waals surface area (Å²) in [5.74, 6) is 0.761. The molecule has 0 bridgehead atoms. The molecule has 0 unspecified atom stereocenters. The van der Waals surface area contributed by atoms with Crippen molar-refractivity contribution in [1.29, 1.82) is 0 Å². The third kappa shape index (κ3) is 6.88. The molecule has 0 atom stereocenters. The molecule has 0 aromatic heterocycles. The summed E-state index contributed by atoms with van der Waals surface area (Å²) in [6, 6.07) is 10.4. The summed E-state index contributed by atoms with van der Waals surface area (Å²) in [4.78, 5) is 14.9. The number of nitrogens with two attached hydrogens (primary N) is 1. The van der Waals surface area contributed by atoms with E-state index in [2.05, 4.69) is 4.90 Å². The van der Waals surface area contributed by atoms with Crippen molar-refractivity contribution in [2.24, 2.45) is 11.8 Å². The fourth-order valence-electron chi connectivity index (χ4n) is 4.44. The van der Waals surface area contributed by atoms with Crippen molar-refractivity contribution >= 4 is 46.0 Å². The minimum absolute atomic E-state index is 0.0462. The van der Waals surface area contributed by atoms with Gasteiger partial charge < -0.3 is 25.7 Å². The van der Waals surface area contributed by atoms with Crippen molar-refractivity contribution < 1.29 is 15.1 Å². The van der Waals surface area contributed by atoms with Gasteiger partial charge in [0.2, 0.25) is 0 Å². The Balaban J connectivity index is 0.000000192. The number of nitrogens with zero attached hydrogens (tertiary/aromatic N) is 3. The van der Waals surface area contributed by atoms with Crippen molar-refractivity contribution in [3.05, 3.63) is 56.6 Å². The zero-order valence-electron chi connectivity index (χ0n) is 19.1. The minimum Gasteiger partial charge on any atom is -0.397 e. The molecule has 4 rings (SSSR count). The highest BCUT2D eigenvalue weighted by molar-refractivity contribution is 6.31. The van der Waals surface area contributed by atoms with Crippen LogP contribution in [0.5, 0.6) is 0 Å². The van der Waals surface area contributed by atoms with Gasteiger partial charge in [-0.05, 0) is 67.9 Å². The Morgan fingerprint density at radius 3 is 1.74 bits per heavy atom. The van der Waals surface area contributed by atoms with Gasteiger partial charge in [0, 0.05) is 55.5 Å². The molecule has 0 amide bonds. The summed E-state index contributed by atoms with van der Waals surface area (Å²) in [6.45, 7) is 3.86. The SMILES string of the molecule is Nc1cc(Cl)ccc1N1CCC(CO)CC1.O=[N+]([O-])c1cc(Cl)ccc1N1CCC(CO)CC1. The highest BCUT2D eigenvalue weighted by atomic mass is 35.5. The van der Waals surface area contributed by atoms with E-state index in [4.69, 9.17) is 39.1 Å². The second-order valence-corrected chi connectivity index (χ2v) is 9.69. The predicted molar refractivity (Wildman–Crippen MR) is 138 cm³/mol. The first-order valence-corrected chi connectivity index (χ1v) is 12.3. The number of benzene rings is 2. The molecule has 2 heterocycles. The summed E-state index contributed by atoms with van der Waals surface area (Å²) in [6.07, 6.45) is 3.77. The van der Waals surface area contributed by atoms with Crippen molar-refractivity contribution in [2.75, 3.05) is 54.9 Å². The lowest BCUT2D eigenvalue weighted by molar-refractivity contribution is -0.384. The van der Waals surface area contributed by atoms with Gasteiger partial charge in [0.05, 0.1) is 16.3 Å². The molecule has 2 aromatic carbocycles. The lowest BCUT2D eigenvalue weighted by Crippen LogP contribution is -2.35. The van der Waals surface area contributed by atoms with Crippen molar-refractivity contribution in [3.63, 3.8) is 0 Å². The van der Waals surface area contributed by atoms with Crippen LogP contribution < -0.4 is 15.5 Å². The van der Waals surface area contributed by atoms with Crippen LogP contribution in [0.15, 0.2) is 36.4 Å². The average Bonchev–Trinajstić information content (AvgIpc) is 2.84. The number of rotatable bonds is 5. The topological polar surface area (TPSA) is 116 Å². The van der Waals surface area contributed by atoms with Crippen LogP contribution in [0.2, 0.25) is 10.0 Å². The maximum atomic E-state index is 11.0. The molecule has 4 N–H and O–H groups in total. The second kappa shape index (κ2) is 12.4. The van der Waals surface area contributed by atoms with E-state index in [1.54, 1.807) is 18.2 Å². The molecule has 0 aliphatic carbocycles. The summed E-state index contributed by atoms with van der Waals surface area (Å²) >= 11 is 11.7. The quantitative estimate of drug-likeness (QED) is 0.306. The third-order valence-corrected chi connectivity index (χ3v) is 7.02. The van der Waals surface area contributed by atoms with Gasteiger partial charge in [-0.1, -0.05) is 23.2 Å². The number of hydrogen-bond donors (Lipinski definition) is 3. The van der Waals surface area contributed by atoms with Crippen molar-refractivity contribution in [3.8, 4) is 0 Å². The molecule has 0 saturated carbocycles. The molecule has 0 spiro atoms. The first-order chi connectivity index (χ1) is 16.3. The van der Waals surface area contributed by atoms with Gasteiger partial charge in [-0.15, -0.1) is 0 Å². The fourth-order valence-corrected chi connectivity index (χ4v) is 4.78. The lowest BCUT2D eigenvalue weighted by atomic mass is 9.97. The van der Waals surface area contributed by atoms with E-state index in [1.165, 1.54) is 6.07 Å². The zero-order valence-corrected chi connectivity index (χ0v) is 20.6. The van der Waals surface area contributed by atoms with Crippen molar-refractivity contribution in [2.45, 2.75) is 25.7 Å². The van der Waals surface area contributed by atoms with E-state index in [1.807, 2.05) is 17.0 Å². The van der Waals surface area contributed by atoms with E-state index >= 15 is 0 Å². The molecular weight excluding hydrogens is 479 g/mol. The Morgan fingerprint density at radius 2 is 1.29 bits per heavy atom. The largest absolute Gasteiger partial charge is 0.397 e. The van der Waals surface area contributed by atoms with Gasteiger partial charge in [-0.25, -0.2) is 0 Å². The molecule has 34 heavy (non-hydrogen) atoms. The molecule has 2 saturated heterocycles. The number of aliphatic hydroxyl groups excluding tert-OH is 2. The summed E-state index contributed by atoms with van der Waals surface area (Å²) in [5, 5.41) is 30.2. The van der Waals surface area contributed by atoms with E-state index in [0.29, 0.717) is 34.2 Å². The van der Waals surface area contributed by atoms with Gasteiger partial charge in [0.25, 0.3) is 5.69 Å². The number of hydrogen-bond acceptors (Lipinski definition) is 7. The smallest absolute Gasteiger partial charge is 0.294 e. The number of halogens is 2. The number of aliphatic hydroxyl groups is 2. The molecule has 2 fully saturated rings. The molecule has 186 valence electrons. The number of piperidine rings is 2. The normalized spacial score (nSPS) is 17.3. The van der Waals surface area contributed by atoms with Gasteiger partial charge in [0.1, 0.15) is 5.69 Å². The van der Waals surface area contributed by atoms with E-state index in [9.17, 15) is 10.1 Å². The van der Waals surface area contributed by atoms with Gasteiger partial charge >= 0.3 is 0 Å². The van der Waals surface area contributed by atoms with Crippen LogP contribution >= 0.6 is 23.2 Å². The Morgan fingerprint density at radius 1 is 0.853 bits per heavy atom. The zero-order chi connectivity index (χ0) is 24.7. The van der Waals surface area contributed by atoms with Crippen LogP contribution in [-0.2, 0) is 0 Å². The van der Waals surface area contributed by atoms with Crippen LogP contribution in [0.3, 0.4) is 0 Å². The average molecular weight is 511 g/mol. The predicted octanol–water partition coefficient (Wildman–Crippen LogP) is 4.59. The highest BCUT2D eigenvalue weighted by Crippen LogP contribution is 2.33. The minimum atomic E-state index is -0.403. The van der Waals surface area contributed by atoms with Crippen LogP contribution in [-0.4, -0.2) is 54.5 Å². The number of nitro benzene ring substituents is 1. The Hall–Kier alpha value is -2.26. The summed E-state index contributed by atoms with van der Waals surface area (Å²) < 4.78 is 0. The van der Waals surface area contributed by atoms with E-state index in [-0.39, 0.29) is 12.3 Å². The Bertz CT molecular complexity index is 962. The summed E-state index contributed by atoms with van der Waals surface area (Å²) in [7, 11) is 0. The van der Waals surface area contributed by atoms with E-state index < -0.39 is 4.92 Å². The standard InChI is InChI=1S/C12H15ClN2O3.C12H17ClN2O/c13-10-1-2-11(12(7-10)15(17)18)14-5-3-9(8-16)4-6-14;13-10-1-2-12(11(14)7-10)15-5-3-9(8-16)4-6-15/h1-2,7,9,16H,3-6,8H2;1-2,7,9,16H,3-6,8,14H2. The van der Waals surface area contributed by atoms with Gasteiger partial charge in [-0.3, -0.25) is 10.1 Å². The maximum Gasteiger partial charge on any atom is 0.294 e. The van der Waals surface area contributed by atoms with Crippen LogP contribution in [0.25, 0.3) is 0 Å². The molecular formula is C24H32Cl2N4O4. The van der Waals surface area contributed by atoms with Crippen LogP contribution in [0, 0.1) is 22.0 Å². The third-order valence-electron chi connectivity index (χ3n) is 6.55. The molecule has 8 nitrogen and oxygen atoms in total. The Kier molecular flexibility index (Phi) is 9.64. The van der Waals surface area contributed by atoms with Crippen LogP contribution in [0.4, 0.5) is 22.7 Å². The molecule has 0 radical (unpaired) electrons. The number of anilines is 3. The number of nitrogen functional groups attached to an aromatic ring is 1. The van der Waals surface area contributed by atoms with Gasteiger partial charge in [-0.2, -0.15) is 0 Å². The highest BCUT2D eigenvalue weighted by Gasteiger charge is 2.24. The fraction of sp³-hybridized carbons (Fsp3) is 0.500. The number of nitro groups is 1. The van der Waals surface area contributed by atoms with Crippen LogP contribution in [0.1, 0.15) is 25.7 Å². The van der Waals surface area contributed by atoms with Gasteiger partial charge in [0.15, 0.2) is 0 Å². The molecule has 2 aromatic rings. The van der Waals surface area contributed by atoms with E-state index in [0.717, 1.165) is 63.2 Å². The maximum absolute atomic E-state index is 11.0.